The minimum absolute atomic E-state index is 0.0113. The van der Waals surface area contributed by atoms with E-state index in [1.54, 1.807) is 0 Å². The Morgan fingerprint density at radius 2 is 1.94 bits per heavy atom. The maximum atomic E-state index is 11.9. The van der Waals surface area contributed by atoms with Gasteiger partial charge in [0.25, 0.3) is 0 Å². The van der Waals surface area contributed by atoms with Crippen LogP contribution in [0.4, 0.5) is 5.82 Å². The molecule has 1 aromatic heterocycles. The van der Waals surface area contributed by atoms with Crippen LogP contribution in [0.5, 0.6) is 0 Å². The summed E-state index contributed by atoms with van der Waals surface area (Å²) in [5, 5.41) is 12.8. The second kappa shape index (κ2) is 4.25. The number of aromatic carboxylic acids is 1. The molecule has 1 aromatic rings. The summed E-state index contributed by atoms with van der Waals surface area (Å²) in [6, 6.07) is 0. The van der Waals surface area contributed by atoms with Gasteiger partial charge in [-0.25, -0.2) is 9.69 Å². The number of carbonyl (C=O) groups is 3. The number of aryl methyl sites for hydroxylation is 1. The van der Waals surface area contributed by atoms with Crippen LogP contribution in [0.3, 0.4) is 0 Å². The lowest BCUT2D eigenvalue weighted by atomic mass is 9.97. The predicted molar refractivity (Wildman–Crippen MR) is 61.1 cm³/mol. The van der Waals surface area contributed by atoms with Crippen molar-refractivity contribution in [3.05, 3.63) is 11.8 Å². The van der Waals surface area contributed by atoms with Gasteiger partial charge in [0.2, 0.25) is 11.8 Å². The van der Waals surface area contributed by atoms with Gasteiger partial charge in [-0.05, 0) is 5.92 Å². The summed E-state index contributed by atoms with van der Waals surface area (Å²) < 4.78 is 1.23. The number of hydrogen-bond donors (Lipinski definition) is 1. The lowest BCUT2D eigenvalue weighted by Gasteiger charge is -2.28. The highest BCUT2D eigenvalue weighted by Gasteiger charge is 2.35. The van der Waals surface area contributed by atoms with Crippen molar-refractivity contribution in [3.63, 3.8) is 0 Å². The molecule has 7 heteroatoms. The van der Waals surface area contributed by atoms with Gasteiger partial charge >= 0.3 is 5.97 Å². The molecular formula is C11H13N3O4. The molecule has 0 spiro atoms. The van der Waals surface area contributed by atoms with Gasteiger partial charge in [0.05, 0.1) is 6.20 Å². The Morgan fingerprint density at radius 3 is 2.44 bits per heavy atom. The fourth-order valence-electron chi connectivity index (χ4n) is 2.07. The van der Waals surface area contributed by atoms with Crippen molar-refractivity contribution in [2.75, 3.05) is 4.90 Å². The first-order valence-corrected chi connectivity index (χ1v) is 5.53. The van der Waals surface area contributed by atoms with E-state index in [-0.39, 0.29) is 42.0 Å². The largest absolute Gasteiger partial charge is 0.477 e. The minimum atomic E-state index is -1.21. The average Bonchev–Trinajstić information content (AvgIpc) is 2.59. The highest BCUT2D eigenvalue weighted by atomic mass is 16.4. The number of carboxylic acid groups (broad SMARTS) is 1. The van der Waals surface area contributed by atoms with E-state index in [2.05, 4.69) is 5.10 Å². The van der Waals surface area contributed by atoms with E-state index >= 15 is 0 Å². The summed E-state index contributed by atoms with van der Waals surface area (Å²) in [7, 11) is 1.50. The third-order valence-corrected chi connectivity index (χ3v) is 2.89. The van der Waals surface area contributed by atoms with Crippen LogP contribution >= 0.6 is 0 Å². The Balaban J connectivity index is 2.48. The number of rotatable bonds is 2. The molecule has 1 aliphatic heterocycles. The second-order valence-electron chi connectivity index (χ2n) is 4.45. The average molecular weight is 251 g/mol. The van der Waals surface area contributed by atoms with E-state index in [1.807, 2.05) is 6.92 Å². The van der Waals surface area contributed by atoms with Crippen molar-refractivity contribution in [1.82, 2.24) is 9.78 Å². The lowest BCUT2D eigenvalue weighted by Crippen LogP contribution is -2.44. The Kier molecular flexibility index (Phi) is 2.90. The number of piperidine rings is 1. The molecule has 7 nitrogen and oxygen atoms in total. The van der Waals surface area contributed by atoms with E-state index in [4.69, 9.17) is 5.11 Å². The van der Waals surface area contributed by atoms with Gasteiger partial charge < -0.3 is 5.11 Å². The van der Waals surface area contributed by atoms with Gasteiger partial charge in [-0.1, -0.05) is 6.92 Å². The number of aromatic nitrogens is 2. The summed E-state index contributed by atoms with van der Waals surface area (Å²) in [6.07, 6.45) is 1.60. The van der Waals surface area contributed by atoms with Crippen LogP contribution in [0.1, 0.15) is 30.1 Å². The highest BCUT2D eigenvalue weighted by molar-refractivity contribution is 6.18. The summed E-state index contributed by atoms with van der Waals surface area (Å²) in [5.41, 5.74) is -0.145. The fraction of sp³-hybridized carbons (Fsp3) is 0.455. The first-order chi connectivity index (χ1) is 8.41. The molecule has 0 unspecified atom stereocenters. The number of carbonyl (C=O) groups excluding carboxylic acids is 2. The number of hydrogen-bond acceptors (Lipinski definition) is 4. The zero-order valence-electron chi connectivity index (χ0n) is 10.1. The van der Waals surface area contributed by atoms with Crippen molar-refractivity contribution in [2.24, 2.45) is 13.0 Å². The maximum absolute atomic E-state index is 11.9. The highest BCUT2D eigenvalue weighted by Crippen LogP contribution is 2.27. The van der Waals surface area contributed by atoms with Crippen molar-refractivity contribution >= 4 is 23.6 Å². The molecule has 0 aliphatic carbocycles. The number of carboxylic acids is 1. The molecule has 1 fully saturated rings. The number of nitrogens with zero attached hydrogens (tertiary/aromatic N) is 3. The van der Waals surface area contributed by atoms with Crippen LogP contribution in [0.2, 0.25) is 0 Å². The fourth-order valence-corrected chi connectivity index (χ4v) is 2.07. The Bertz CT molecular complexity index is 516. The SMILES string of the molecule is CC1CC(=O)N(c2c(C(=O)O)cnn2C)C(=O)C1. The number of imide groups is 1. The maximum Gasteiger partial charge on any atom is 0.341 e. The van der Waals surface area contributed by atoms with Crippen molar-refractivity contribution in [3.8, 4) is 0 Å². The molecule has 18 heavy (non-hydrogen) atoms. The van der Waals surface area contributed by atoms with Crippen LogP contribution < -0.4 is 4.90 Å². The number of anilines is 1. The van der Waals surface area contributed by atoms with Crippen LogP contribution in [0, 0.1) is 5.92 Å². The summed E-state index contributed by atoms with van der Waals surface area (Å²) in [4.78, 5) is 35.8. The van der Waals surface area contributed by atoms with E-state index in [0.717, 1.165) is 11.1 Å². The molecule has 96 valence electrons. The molecule has 0 radical (unpaired) electrons. The Labute approximate surface area is 103 Å². The van der Waals surface area contributed by atoms with Crippen LogP contribution in [0.25, 0.3) is 0 Å². The third-order valence-electron chi connectivity index (χ3n) is 2.89. The minimum Gasteiger partial charge on any atom is -0.477 e. The van der Waals surface area contributed by atoms with Crippen molar-refractivity contribution in [1.29, 1.82) is 0 Å². The number of amides is 2. The van der Waals surface area contributed by atoms with Gasteiger partial charge in [0.1, 0.15) is 5.56 Å². The molecular weight excluding hydrogens is 238 g/mol. The van der Waals surface area contributed by atoms with Gasteiger partial charge in [-0.15, -0.1) is 0 Å². The quantitative estimate of drug-likeness (QED) is 0.768. The summed E-state index contributed by atoms with van der Waals surface area (Å²) >= 11 is 0. The van der Waals surface area contributed by atoms with Crippen molar-refractivity contribution in [2.45, 2.75) is 19.8 Å². The molecule has 0 atom stereocenters. The van der Waals surface area contributed by atoms with E-state index in [1.165, 1.54) is 11.7 Å². The summed E-state index contributed by atoms with van der Waals surface area (Å²) in [5.74, 6) is -1.96. The second-order valence-corrected chi connectivity index (χ2v) is 4.45. The van der Waals surface area contributed by atoms with Gasteiger partial charge in [-0.2, -0.15) is 5.10 Å². The van der Waals surface area contributed by atoms with Crippen LogP contribution in [-0.4, -0.2) is 32.7 Å². The normalized spacial score (nSPS) is 17.3. The molecule has 2 rings (SSSR count). The van der Waals surface area contributed by atoms with Gasteiger partial charge in [-0.3, -0.25) is 14.3 Å². The zero-order chi connectivity index (χ0) is 13.4. The Morgan fingerprint density at radius 1 is 1.39 bits per heavy atom. The van der Waals surface area contributed by atoms with Crippen LogP contribution in [0.15, 0.2) is 6.20 Å². The smallest absolute Gasteiger partial charge is 0.341 e. The van der Waals surface area contributed by atoms with Crippen LogP contribution in [-0.2, 0) is 16.6 Å². The van der Waals surface area contributed by atoms with E-state index in [9.17, 15) is 14.4 Å². The molecule has 2 amide bonds. The molecule has 1 saturated heterocycles. The monoisotopic (exact) mass is 251 g/mol. The third kappa shape index (κ3) is 1.87. The molecule has 1 aliphatic rings. The molecule has 2 heterocycles. The first-order valence-electron chi connectivity index (χ1n) is 5.53. The van der Waals surface area contributed by atoms with Crippen molar-refractivity contribution < 1.29 is 19.5 Å². The molecule has 0 saturated carbocycles. The Hall–Kier alpha value is -2.18. The van der Waals surface area contributed by atoms with Gasteiger partial charge in [0.15, 0.2) is 5.82 Å². The molecule has 1 N–H and O–H groups in total. The molecule has 0 aromatic carbocycles. The predicted octanol–water partition coefficient (Wildman–Crippen LogP) is 0.408. The molecule has 0 bridgehead atoms. The van der Waals surface area contributed by atoms with E-state index < -0.39 is 5.97 Å². The lowest BCUT2D eigenvalue weighted by molar-refractivity contribution is -0.130. The topological polar surface area (TPSA) is 92.5 Å². The zero-order valence-corrected chi connectivity index (χ0v) is 10.1. The first kappa shape index (κ1) is 12.3. The van der Waals surface area contributed by atoms with E-state index in [0.29, 0.717) is 0 Å². The van der Waals surface area contributed by atoms with Gasteiger partial charge in [0, 0.05) is 19.9 Å². The summed E-state index contributed by atoms with van der Waals surface area (Å²) in [6.45, 7) is 1.81. The standard InChI is InChI=1S/C11H13N3O4/c1-6-3-8(15)14(9(16)4-6)10-7(11(17)18)5-12-13(10)2/h5-6H,3-4H2,1-2H3,(H,17,18).